The maximum Gasteiger partial charge on any atom is 0.306 e. The monoisotopic (exact) mass is 278 g/mol. The third-order valence-corrected chi connectivity index (χ3v) is 3.06. The number of rotatable bonds is 5. The number of hydrogen-bond donors (Lipinski definition) is 0. The summed E-state index contributed by atoms with van der Waals surface area (Å²) in [6.45, 7) is 1.84. The number of aryl methyl sites for hydroxylation is 1. The van der Waals surface area contributed by atoms with E-state index in [9.17, 15) is 4.79 Å². The molecule has 1 unspecified atom stereocenters. The van der Waals surface area contributed by atoms with Crippen molar-refractivity contribution in [3.8, 4) is 0 Å². The highest BCUT2D eigenvalue weighted by molar-refractivity contribution is 6.30. The number of carbonyl (C=O) groups is 1. The van der Waals surface area contributed by atoms with Crippen molar-refractivity contribution in [2.24, 2.45) is 0 Å². The molecule has 0 saturated carbocycles. The van der Waals surface area contributed by atoms with Crippen molar-refractivity contribution in [3.05, 3.63) is 59.0 Å². The lowest BCUT2D eigenvalue weighted by molar-refractivity contribution is -0.148. The zero-order valence-corrected chi connectivity index (χ0v) is 11.4. The average molecular weight is 279 g/mol. The molecule has 0 spiro atoms. The largest absolute Gasteiger partial charge is 0.469 e. The normalized spacial score (nSPS) is 12.1. The van der Waals surface area contributed by atoms with Gasteiger partial charge in [-0.1, -0.05) is 23.7 Å². The first-order chi connectivity index (χ1) is 9.15. The fourth-order valence-corrected chi connectivity index (χ4v) is 1.86. The minimum absolute atomic E-state index is 0.237. The smallest absolute Gasteiger partial charge is 0.306 e. The van der Waals surface area contributed by atoms with Crippen molar-refractivity contribution >= 4 is 17.6 Å². The summed E-state index contributed by atoms with van der Waals surface area (Å²) in [6, 6.07) is 10.9. The first kappa shape index (κ1) is 13.7. The van der Waals surface area contributed by atoms with Gasteiger partial charge in [0.15, 0.2) is 0 Å². The number of halogens is 1. The minimum Gasteiger partial charge on any atom is -0.469 e. The van der Waals surface area contributed by atoms with Crippen molar-refractivity contribution in [1.82, 2.24) is 0 Å². The Morgan fingerprint density at radius 1 is 1.32 bits per heavy atom. The molecule has 1 aromatic carbocycles. The molecule has 0 fully saturated rings. The van der Waals surface area contributed by atoms with Gasteiger partial charge >= 0.3 is 5.97 Å². The predicted molar refractivity (Wildman–Crippen MR) is 73.0 cm³/mol. The van der Waals surface area contributed by atoms with Crippen LogP contribution in [0.5, 0.6) is 0 Å². The molecule has 2 rings (SSSR count). The summed E-state index contributed by atoms with van der Waals surface area (Å²) < 4.78 is 10.5. The lowest BCUT2D eigenvalue weighted by Gasteiger charge is -2.13. The van der Waals surface area contributed by atoms with Gasteiger partial charge in [0, 0.05) is 11.4 Å². The van der Waals surface area contributed by atoms with Crippen LogP contribution in [0.15, 0.2) is 47.1 Å². The maximum atomic E-state index is 11.7. The molecule has 19 heavy (non-hydrogen) atoms. The van der Waals surface area contributed by atoms with E-state index in [0.717, 1.165) is 11.3 Å². The van der Waals surface area contributed by atoms with Crippen LogP contribution >= 0.6 is 11.6 Å². The maximum absolute atomic E-state index is 11.7. The summed E-state index contributed by atoms with van der Waals surface area (Å²) in [5, 5.41) is 0.667. The molecule has 0 N–H and O–H groups in total. The third kappa shape index (κ3) is 4.14. The van der Waals surface area contributed by atoms with Crippen molar-refractivity contribution in [1.29, 1.82) is 0 Å². The van der Waals surface area contributed by atoms with Crippen molar-refractivity contribution in [2.45, 2.75) is 25.9 Å². The van der Waals surface area contributed by atoms with Crippen molar-refractivity contribution < 1.29 is 13.9 Å². The summed E-state index contributed by atoms with van der Waals surface area (Å²) in [7, 11) is 0. The van der Waals surface area contributed by atoms with E-state index in [1.165, 1.54) is 0 Å². The highest BCUT2D eigenvalue weighted by Crippen LogP contribution is 2.20. The van der Waals surface area contributed by atoms with Gasteiger partial charge in [0.25, 0.3) is 0 Å². The van der Waals surface area contributed by atoms with Gasteiger partial charge in [-0.05, 0) is 36.8 Å². The molecule has 0 bridgehead atoms. The van der Waals surface area contributed by atoms with Crippen molar-refractivity contribution in [2.75, 3.05) is 0 Å². The fraction of sp³-hybridized carbons (Fsp3) is 0.267. The Balaban J connectivity index is 1.83. The number of benzene rings is 1. The standard InChI is InChI=1S/C15H15ClO3/c1-11(12-4-6-13(16)7-5-12)19-15(17)9-8-14-3-2-10-18-14/h2-7,10-11H,8-9H2,1H3. The summed E-state index contributed by atoms with van der Waals surface area (Å²) in [5.74, 6) is 0.551. The molecule has 1 atom stereocenters. The second-order valence-electron chi connectivity index (χ2n) is 4.26. The molecule has 3 nitrogen and oxygen atoms in total. The van der Waals surface area contributed by atoms with Crippen LogP contribution in [0, 0.1) is 0 Å². The highest BCUT2D eigenvalue weighted by atomic mass is 35.5. The van der Waals surface area contributed by atoms with E-state index < -0.39 is 0 Å². The molecule has 0 amide bonds. The van der Waals surface area contributed by atoms with Crippen LogP contribution in [0.1, 0.15) is 30.8 Å². The molecular formula is C15H15ClO3. The Morgan fingerprint density at radius 2 is 2.05 bits per heavy atom. The van der Waals surface area contributed by atoms with Gasteiger partial charge in [0.1, 0.15) is 11.9 Å². The van der Waals surface area contributed by atoms with Crippen LogP contribution in [0.4, 0.5) is 0 Å². The Kier molecular flexibility index (Phi) is 4.63. The number of furan rings is 1. The molecule has 2 aromatic rings. The lowest BCUT2D eigenvalue weighted by atomic mass is 10.1. The van der Waals surface area contributed by atoms with Crippen LogP contribution in [0.3, 0.4) is 0 Å². The number of hydrogen-bond acceptors (Lipinski definition) is 3. The van der Waals surface area contributed by atoms with Crippen LogP contribution in [0.2, 0.25) is 5.02 Å². The third-order valence-electron chi connectivity index (χ3n) is 2.80. The summed E-state index contributed by atoms with van der Waals surface area (Å²) in [4.78, 5) is 11.7. The van der Waals surface area contributed by atoms with Gasteiger partial charge < -0.3 is 9.15 Å². The van der Waals surface area contributed by atoms with E-state index >= 15 is 0 Å². The molecule has 0 aliphatic heterocycles. The van der Waals surface area contributed by atoms with Gasteiger partial charge in [0.05, 0.1) is 12.7 Å². The predicted octanol–water partition coefficient (Wildman–Crippen LogP) is 4.17. The second kappa shape index (κ2) is 6.43. The first-order valence-corrected chi connectivity index (χ1v) is 6.50. The highest BCUT2D eigenvalue weighted by Gasteiger charge is 2.12. The number of esters is 1. The van der Waals surface area contributed by atoms with Crippen LogP contribution in [-0.2, 0) is 16.0 Å². The molecular weight excluding hydrogens is 264 g/mol. The van der Waals surface area contributed by atoms with Crippen LogP contribution in [0.25, 0.3) is 0 Å². The molecule has 0 saturated heterocycles. The van der Waals surface area contributed by atoms with E-state index in [0.29, 0.717) is 17.9 Å². The molecule has 0 radical (unpaired) electrons. The summed E-state index contributed by atoms with van der Waals surface area (Å²) >= 11 is 5.81. The topological polar surface area (TPSA) is 39.4 Å². The Bertz CT molecular complexity index is 517. The molecule has 0 aliphatic carbocycles. The van der Waals surface area contributed by atoms with Gasteiger partial charge in [0.2, 0.25) is 0 Å². The SMILES string of the molecule is CC(OC(=O)CCc1ccco1)c1ccc(Cl)cc1. The molecule has 1 heterocycles. The number of ether oxygens (including phenoxy) is 1. The molecule has 0 aliphatic rings. The molecule has 1 aromatic heterocycles. The van der Waals surface area contributed by atoms with E-state index in [1.54, 1.807) is 24.5 Å². The van der Waals surface area contributed by atoms with E-state index in [-0.39, 0.29) is 12.1 Å². The van der Waals surface area contributed by atoms with Gasteiger partial charge in [-0.3, -0.25) is 4.79 Å². The van der Waals surface area contributed by atoms with Crippen LogP contribution in [-0.4, -0.2) is 5.97 Å². The zero-order valence-electron chi connectivity index (χ0n) is 10.6. The van der Waals surface area contributed by atoms with Crippen LogP contribution < -0.4 is 0 Å². The summed E-state index contributed by atoms with van der Waals surface area (Å²) in [6.07, 6.45) is 2.18. The second-order valence-corrected chi connectivity index (χ2v) is 4.70. The van der Waals surface area contributed by atoms with Gasteiger partial charge in [-0.25, -0.2) is 0 Å². The van der Waals surface area contributed by atoms with Gasteiger partial charge in [-0.15, -0.1) is 0 Å². The van der Waals surface area contributed by atoms with Crippen molar-refractivity contribution in [3.63, 3.8) is 0 Å². The van der Waals surface area contributed by atoms with E-state index in [4.69, 9.17) is 20.8 Å². The number of carbonyl (C=O) groups excluding carboxylic acids is 1. The average Bonchev–Trinajstić information content (AvgIpc) is 2.90. The summed E-state index contributed by atoms with van der Waals surface area (Å²) in [5.41, 5.74) is 0.927. The quantitative estimate of drug-likeness (QED) is 0.771. The lowest BCUT2D eigenvalue weighted by Crippen LogP contribution is -2.09. The van der Waals surface area contributed by atoms with Gasteiger partial charge in [-0.2, -0.15) is 0 Å². The van der Waals surface area contributed by atoms with E-state index in [1.807, 2.05) is 25.1 Å². The van der Waals surface area contributed by atoms with E-state index in [2.05, 4.69) is 0 Å². The minimum atomic E-state index is -0.277. The fourth-order valence-electron chi connectivity index (χ4n) is 1.74. The Labute approximate surface area is 117 Å². The molecule has 100 valence electrons. The Morgan fingerprint density at radius 3 is 2.68 bits per heavy atom. The molecule has 4 heteroatoms. The zero-order chi connectivity index (χ0) is 13.7. The Hall–Kier alpha value is -1.74. The first-order valence-electron chi connectivity index (χ1n) is 6.12.